The van der Waals surface area contributed by atoms with Crippen LogP contribution in [0.4, 0.5) is 23.5 Å². The molecule has 172 valence electrons. The second-order valence-corrected chi connectivity index (χ2v) is 7.35. The van der Waals surface area contributed by atoms with Gasteiger partial charge in [-0.05, 0) is 31.2 Å². The van der Waals surface area contributed by atoms with E-state index in [-0.39, 0.29) is 0 Å². The minimum atomic E-state index is 0.324. The summed E-state index contributed by atoms with van der Waals surface area (Å²) in [5, 5.41) is 7.55. The van der Waals surface area contributed by atoms with Gasteiger partial charge in [0.2, 0.25) is 17.8 Å². The van der Waals surface area contributed by atoms with Crippen molar-refractivity contribution in [1.29, 1.82) is 0 Å². The van der Waals surface area contributed by atoms with E-state index in [4.69, 9.17) is 14.2 Å². The van der Waals surface area contributed by atoms with E-state index in [9.17, 15) is 0 Å². The van der Waals surface area contributed by atoms with E-state index in [2.05, 4.69) is 35.7 Å². The summed E-state index contributed by atoms with van der Waals surface area (Å²) in [6.45, 7) is 4.72. The van der Waals surface area contributed by atoms with Crippen molar-refractivity contribution in [2.24, 2.45) is 5.10 Å². The smallest absolute Gasteiger partial charge is 0.250 e. The second-order valence-electron chi connectivity index (χ2n) is 7.35. The molecule has 1 aliphatic heterocycles. The first-order valence-electron chi connectivity index (χ1n) is 10.6. The molecule has 2 heterocycles. The number of morpholine rings is 1. The van der Waals surface area contributed by atoms with Crippen LogP contribution >= 0.6 is 0 Å². The Morgan fingerprint density at radius 3 is 2.45 bits per heavy atom. The Hall–Kier alpha value is -3.92. The molecule has 2 N–H and O–H groups in total. The maximum absolute atomic E-state index is 5.45. The van der Waals surface area contributed by atoms with Crippen LogP contribution in [0.1, 0.15) is 11.1 Å². The van der Waals surface area contributed by atoms with Crippen molar-refractivity contribution in [2.75, 3.05) is 56.2 Å². The molecule has 0 radical (unpaired) electrons. The van der Waals surface area contributed by atoms with Crippen molar-refractivity contribution in [3.05, 3.63) is 53.6 Å². The van der Waals surface area contributed by atoms with Crippen LogP contribution in [0.15, 0.2) is 47.6 Å². The number of aromatic nitrogens is 3. The quantitative estimate of drug-likeness (QED) is 0.396. The summed E-state index contributed by atoms with van der Waals surface area (Å²) in [6, 6.07) is 13.5. The van der Waals surface area contributed by atoms with Crippen LogP contribution in [0.3, 0.4) is 0 Å². The molecule has 0 saturated carbocycles. The van der Waals surface area contributed by atoms with E-state index >= 15 is 0 Å². The molecule has 1 aliphatic rings. The SMILES string of the molecule is COc1ccc(/C=N\Nc2nc(Nc3ccc(C)cc3)nc(N3CCOCC3)n2)c(OC)c1. The number of hydrogen-bond acceptors (Lipinski definition) is 10. The molecular weight excluding hydrogens is 422 g/mol. The molecule has 3 aromatic rings. The summed E-state index contributed by atoms with van der Waals surface area (Å²) in [6.07, 6.45) is 1.64. The fraction of sp³-hybridized carbons (Fsp3) is 0.304. The Kier molecular flexibility index (Phi) is 7.16. The molecule has 4 rings (SSSR count). The third-order valence-electron chi connectivity index (χ3n) is 5.03. The second kappa shape index (κ2) is 10.6. The van der Waals surface area contributed by atoms with Crippen LogP contribution in [-0.4, -0.2) is 61.7 Å². The van der Waals surface area contributed by atoms with Gasteiger partial charge in [-0.15, -0.1) is 0 Å². The lowest BCUT2D eigenvalue weighted by atomic mass is 10.2. The number of methoxy groups -OCH3 is 2. The van der Waals surface area contributed by atoms with E-state index in [0.717, 1.165) is 11.3 Å². The van der Waals surface area contributed by atoms with Crippen LogP contribution in [0.5, 0.6) is 11.5 Å². The molecule has 0 aliphatic carbocycles. The molecule has 33 heavy (non-hydrogen) atoms. The number of anilines is 4. The monoisotopic (exact) mass is 449 g/mol. The van der Waals surface area contributed by atoms with Gasteiger partial charge in [0, 0.05) is 30.4 Å². The van der Waals surface area contributed by atoms with Crippen molar-refractivity contribution >= 4 is 29.7 Å². The number of ether oxygens (including phenoxy) is 3. The van der Waals surface area contributed by atoms with E-state index in [1.807, 2.05) is 43.3 Å². The highest BCUT2D eigenvalue weighted by molar-refractivity contribution is 5.84. The zero-order valence-electron chi connectivity index (χ0n) is 18.9. The van der Waals surface area contributed by atoms with Crippen LogP contribution in [-0.2, 0) is 4.74 Å². The van der Waals surface area contributed by atoms with Crippen LogP contribution in [0, 0.1) is 6.92 Å². The molecule has 2 aromatic carbocycles. The lowest BCUT2D eigenvalue weighted by molar-refractivity contribution is 0.122. The van der Waals surface area contributed by atoms with Crippen molar-refractivity contribution in [2.45, 2.75) is 6.92 Å². The third-order valence-corrected chi connectivity index (χ3v) is 5.03. The first-order chi connectivity index (χ1) is 16.1. The largest absolute Gasteiger partial charge is 0.497 e. The van der Waals surface area contributed by atoms with Crippen molar-refractivity contribution in [1.82, 2.24) is 15.0 Å². The van der Waals surface area contributed by atoms with E-state index in [0.29, 0.717) is 55.6 Å². The highest BCUT2D eigenvalue weighted by Crippen LogP contribution is 2.23. The van der Waals surface area contributed by atoms with Crippen molar-refractivity contribution in [3.63, 3.8) is 0 Å². The standard InChI is InChI=1S/C23H27N7O3/c1-16-4-7-18(8-5-16)25-21-26-22(28-23(27-21)30-10-12-33-13-11-30)29-24-15-17-6-9-19(31-2)14-20(17)32-3/h4-9,14-15H,10-13H2,1-3H3,(H2,25,26,27,28,29)/b24-15-. The summed E-state index contributed by atoms with van der Waals surface area (Å²) in [5.74, 6) is 2.66. The molecule has 0 atom stereocenters. The predicted octanol–water partition coefficient (Wildman–Crippen LogP) is 3.22. The summed E-state index contributed by atoms with van der Waals surface area (Å²) >= 11 is 0. The maximum atomic E-state index is 5.45. The Morgan fingerprint density at radius 2 is 1.73 bits per heavy atom. The molecule has 10 heteroatoms. The average Bonchev–Trinajstić information content (AvgIpc) is 2.86. The van der Waals surface area contributed by atoms with Gasteiger partial charge in [-0.25, -0.2) is 5.43 Å². The number of aryl methyl sites for hydroxylation is 1. The molecular formula is C23H27N7O3. The number of hydrazone groups is 1. The van der Waals surface area contributed by atoms with Gasteiger partial charge in [0.15, 0.2) is 0 Å². The van der Waals surface area contributed by atoms with Crippen LogP contribution < -0.4 is 25.1 Å². The zero-order chi connectivity index (χ0) is 23.0. The molecule has 1 aromatic heterocycles. The normalized spacial score (nSPS) is 13.7. The minimum absolute atomic E-state index is 0.324. The number of nitrogens with zero attached hydrogens (tertiary/aromatic N) is 5. The number of nitrogens with one attached hydrogen (secondary N) is 2. The van der Waals surface area contributed by atoms with Gasteiger partial charge in [0.25, 0.3) is 0 Å². The first kappa shape index (κ1) is 22.3. The van der Waals surface area contributed by atoms with Gasteiger partial charge in [0.1, 0.15) is 11.5 Å². The summed E-state index contributed by atoms with van der Waals surface area (Å²) < 4.78 is 16.1. The lowest BCUT2D eigenvalue weighted by Gasteiger charge is -2.27. The molecule has 0 bridgehead atoms. The van der Waals surface area contributed by atoms with Crippen molar-refractivity contribution in [3.8, 4) is 11.5 Å². The van der Waals surface area contributed by atoms with Gasteiger partial charge in [-0.1, -0.05) is 17.7 Å². The highest BCUT2D eigenvalue weighted by atomic mass is 16.5. The predicted molar refractivity (Wildman–Crippen MR) is 128 cm³/mol. The zero-order valence-corrected chi connectivity index (χ0v) is 18.9. The van der Waals surface area contributed by atoms with Crippen LogP contribution in [0.25, 0.3) is 0 Å². The number of rotatable bonds is 8. The van der Waals surface area contributed by atoms with E-state index in [1.165, 1.54) is 5.56 Å². The summed E-state index contributed by atoms with van der Waals surface area (Å²) in [5.41, 5.74) is 5.76. The number of hydrogen-bond donors (Lipinski definition) is 2. The van der Waals surface area contributed by atoms with Gasteiger partial charge in [0.05, 0.1) is 33.6 Å². The fourth-order valence-electron chi connectivity index (χ4n) is 3.23. The first-order valence-corrected chi connectivity index (χ1v) is 10.6. The topological polar surface area (TPSA) is 106 Å². The number of benzene rings is 2. The molecule has 0 unspecified atom stereocenters. The summed E-state index contributed by atoms with van der Waals surface area (Å²) in [4.78, 5) is 15.7. The molecule has 1 saturated heterocycles. The minimum Gasteiger partial charge on any atom is -0.497 e. The Labute approximate surface area is 192 Å². The summed E-state index contributed by atoms with van der Waals surface area (Å²) in [7, 11) is 3.21. The molecule has 0 spiro atoms. The third kappa shape index (κ3) is 5.86. The lowest BCUT2D eigenvalue weighted by Crippen LogP contribution is -2.37. The molecule has 10 nitrogen and oxygen atoms in total. The fourth-order valence-corrected chi connectivity index (χ4v) is 3.23. The van der Waals surface area contributed by atoms with Crippen LogP contribution in [0.2, 0.25) is 0 Å². The van der Waals surface area contributed by atoms with Gasteiger partial charge in [-0.2, -0.15) is 20.1 Å². The average molecular weight is 450 g/mol. The van der Waals surface area contributed by atoms with Crippen molar-refractivity contribution < 1.29 is 14.2 Å². The Morgan fingerprint density at radius 1 is 0.970 bits per heavy atom. The Bertz CT molecular complexity index is 1100. The molecule has 0 amide bonds. The Balaban J connectivity index is 1.57. The van der Waals surface area contributed by atoms with Gasteiger partial charge < -0.3 is 24.4 Å². The van der Waals surface area contributed by atoms with E-state index < -0.39 is 0 Å². The maximum Gasteiger partial charge on any atom is 0.250 e. The van der Waals surface area contributed by atoms with E-state index in [1.54, 1.807) is 26.5 Å². The molecule has 1 fully saturated rings. The van der Waals surface area contributed by atoms with Gasteiger partial charge >= 0.3 is 0 Å². The highest BCUT2D eigenvalue weighted by Gasteiger charge is 2.17. The van der Waals surface area contributed by atoms with Gasteiger partial charge in [-0.3, -0.25) is 0 Å².